The number of fused-ring (bicyclic) bond motifs is 1. The number of hydrogen-bond acceptors (Lipinski definition) is 6. The van der Waals surface area contributed by atoms with Crippen LogP contribution in [0.4, 0.5) is 0 Å². The molecule has 0 aliphatic carbocycles. The van der Waals surface area contributed by atoms with Gasteiger partial charge >= 0.3 is 0 Å². The highest BCUT2D eigenvalue weighted by atomic mass is 32.1. The van der Waals surface area contributed by atoms with E-state index in [1.54, 1.807) is 0 Å². The van der Waals surface area contributed by atoms with Crippen LogP contribution in [0.5, 0.6) is 0 Å². The topological polar surface area (TPSA) is 54.3 Å². The molecule has 3 heterocycles. The lowest BCUT2D eigenvalue weighted by atomic mass is 10.2. The van der Waals surface area contributed by atoms with E-state index >= 15 is 0 Å². The van der Waals surface area contributed by atoms with Gasteiger partial charge in [0.15, 0.2) is 0 Å². The summed E-state index contributed by atoms with van der Waals surface area (Å²) in [5, 5.41) is 11.0. The van der Waals surface area contributed by atoms with E-state index < -0.39 is 0 Å². The number of nitrogens with zero attached hydrogens (tertiary/aromatic N) is 5. The number of aryl methyl sites for hydroxylation is 1. The molecule has 0 atom stereocenters. The van der Waals surface area contributed by atoms with E-state index in [-0.39, 0.29) is 5.56 Å². The minimum Gasteiger partial charge on any atom is -0.301 e. The van der Waals surface area contributed by atoms with Gasteiger partial charge in [-0.25, -0.2) is 4.68 Å². The molecule has 3 aromatic rings. The summed E-state index contributed by atoms with van der Waals surface area (Å²) in [6.07, 6.45) is 2.02. The fourth-order valence-corrected chi connectivity index (χ4v) is 4.31. The van der Waals surface area contributed by atoms with Crippen LogP contribution in [0.3, 0.4) is 0 Å². The number of thiophene rings is 1. The van der Waals surface area contributed by atoms with Gasteiger partial charge in [-0.05, 0) is 43.0 Å². The normalized spacial score (nSPS) is 16.1. The molecule has 0 saturated carbocycles. The third-order valence-corrected chi connectivity index (χ3v) is 6.01. The summed E-state index contributed by atoms with van der Waals surface area (Å²) in [5.41, 5.74) is 0.627. The van der Waals surface area contributed by atoms with Gasteiger partial charge in [-0.3, -0.25) is 9.69 Å². The fraction of sp³-hybridized carbons (Fsp3) is 0.450. The maximum Gasteiger partial charge on any atom is 0.277 e. The summed E-state index contributed by atoms with van der Waals surface area (Å²) in [6.45, 7) is 7.32. The first-order valence-corrected chi connectivity index (χ1v) is 10.5. The number of hydrogen-bond donors (Lipinski definition) is 0. The van der Waals surface area contributed by atoms with Crippen LogP contribution < -0.4 is 5.56 Å². The molecule has 27 heavy (non-hydrogen) atoms. The molecule has 4 rings (SSSR count). The first-order valence-electron chi connectivity index (χ1n) is 9.59. The summed E-state index contributed by atoms with van der Waals surface area (Å²) in [7, 11) is 0. The van der Waals surface area contributed by atoms with E-state index in [0.29, 0.717) is 17.4 Å². The Morgan fingerprint density at radius 2 is 1.70 bits per heavy atom. The van der Waals surface area contributed by atoms with Crippen molar-refractivity contribution in [2.45, 2.75) is 25.9 Å². The standard InChI is InChI=1S/C20H25N5OS/c26-20-18-7-1-2-8-19(18)21-22-25(20)10-4-3-9-23-11-13-24(14-12-23)16-17-6-5-15-27-17/h1-2,5-8,15H,3-4,9-14,16H2. The van der Waals surface area contributed by atoms with Crippen molar-refractivity contribution in [1.82, 2.24) is 24.8 Å². The second-order valence-electron chi connectivity index (χ2n) is 7.04. The van der Waals surface area contributed by atoms with E-state index in [9.17, 15) is 4.79 Å². The second kappa shape index (κ2) is 8.73. The highest BCUT2D eigenvalue weighted by Gasteiger charge is 2.16. The minimum absolute atomic E-state index is 0.0391. The zero-order valence-electron chi connectivity index (χ0n) is 15.5. The summed E-state index contributed by atoms with van der Waals surface area (Å²) in [4.78, 5) is 18.9. The highest BCUT2D eigenvalue weighted by Crippen LogP contribution is 2.13. The second-order valence-corrected chi connectivity index (χ2v) is 8.07. The van der Waals surface area contributed by atoms with E-state index in [1.165, 1.54) is 9.56 Å². The first kappa shape index (κ1) is 18.3. The third-order valence-electron chi connectivity index (χ3n) is 5.15. The van der Waals surface area contributed by atoms with Gasteiger partial charge in [0.1, 0.15) is 5.52 Å². The smallest absolute Gasteiger partial charge is 0.277 e. The lowest BCUT2D eigenvalue weighted by molar-refractivity contribution is 0.126. The monoisotopic (exact) mass is 383 g/mol. The predicted molar refractivity (Wildman–Crippen MR) is 109 cm³/mol. The Balaban J connectivity index is 1.20. The maximum absolute atomic E-state index is 12.4. The molecule has 0 unspecified atom stereocenters. The van der Waals surface area contributed by atoms with Crippen LogP contribution in [-0.4, -0.2) is 57.5 Å². The summed E-state index contributed by atoms with van der Waals surface area (Å²) < 4.78 is 1.50. The SMILES string of the molecule is O=c1c2ccccc2nnn1CCCCN1CCN(Cc2cccs2)CC1. The Morgan fingerprint density at radius 1 is 0.926 bits per heavy atom. The Labute approximate surface area is 163 Å². The van der Waals surface area contributed by atoms with Crippen molar-refractivity contribution in [3.63, 3.8) is 0 Å². The van der Waals surface area contributed by atoms with Crippen molar-refractivity contribution in [3.05, 3.63) is 57.0 Å². The van der Waals surface area contributed by atoms with Crippen LogP contribution in [0.1, 0.15) is 17.7 Å². The van der Waals surface area contributed by atoms with E-state index in [2.05, 4.69) is 37.6 Å². The lowest BCUT2D eigenvalue weighted by Gasteiger charge is -2.34. The maximum atomic E-state index is 12.4. The number of benzene rings is 1. The molecule has 6 nitrogen and oxygen atoms in total. The molecule has 1 saturated heterocycles. The van der Waals surface area contributed by atoms with Gasteiger partial charge in [-0.15, -0.1) is 16.4 Å². The molecule has 0 amide bonds. The molecular weight excluding hydrogens is 358 g/mol. The van der Waals surface area contributed by atoms with E-state index in [1.807, 2.05) is 35.6 Å². The summed E-state index contributed by atoms with van der Waals surface area (Å²) in [5.74, 6) is 0. The molecule has 1 aliphatic rings. The molecule has 0 N–H and O–H groups in total. The largest absolute Gasteiger partial charge is 0.301 e. The van der Waals surface area contributed by atoms with E-state index in [4.69, 9.17) is 0 Å². The van der Waals surface area contributed by atoms with Gasteiger partial charge < -0.3 is 4.90 Å². The van der Waals surface area contributed by atoms with Gasteiger partial charge in [-0.1, -0.05) is 23.4 Å². The molecule has 0 spiro atoms. The molecule has 0 radical (unpaired) electrons. The molecule has 2 aromatic heterocycles. The quantitative estimate of drug-likeness (QED) is 0.587. The van der Waals surface area contributed by atoms with Crippen molar-refractivity contribution in [2.24, 2.45) is 0 Å². The Bertz CT molecular complexity index is 916. The lowest BCUT2D eigenvalue weighted by Crippen LogP contribution is -2.46. The third kappa shape index (κ3) is 4.61. The molecule has 1 aliphatic heterocycles. The molecule has 1 aromatic carbocycles. The van der Waals surface area contributed by atoms with Gasteiger partial charge in [0, 0.05) is 44.1 Å². The number of unbranched alkanes of at least 4 members (excludes halogenated alkanes) is 1. The van der Waals surface area contributed by atoms with Crippen LogP contribution >= 0.6 is 11.3 Å². The minimum atomic E-state index is -0.0391. The average molecular weight is 384 g/mol. The average Bonchev–Trinajstić information content (AvgIpc) is 3.21. The van der Waals surface area contributed by atoms with Crippen LogP contribution in [0.15, 0.2) is 46.6 Å². The number of rotatable bonds is 7. The van der Waals surface area contributed by atoms with Crippen molar-refractivity contribution >= 4 is 22.2 Å². The van der Waals surface area contributed by atoms with Crippen molar-refractivity contribution in [2.75, 3.05) is 32.7 Å². The van der Waals surface area contributed by atoms with Crippen LogP contribution in [0, 0.1) is 0 Å². The summed E-state index contributed by atoms with van der Waals surface area (Å²) >= 11 is 1.84. The van der Waals surface area contributed by atoms with Gasteiger partial charge in [0.25, 0.3) is 5.56 Å². The number of aromatic nitrogens is 3. The molecule has 1 fully saturated rings. The Morgan fingerprint density at radius 3 is 2.52 bits per heavy atom. The van der Waals surface area contributed by atoms with E-state index in [0.717, 1.165) is 52.1 Å². The van der Waals surface area contributed by atoms with Crippen molar-refractivity contribution in [3.8, 4) is 0 Å². The van der Waals surface area contributed by atoms with Gasteiger partial charge in [-0.2, -0.15) is 0 Å². The van der Waals surface area contributed by atoms with Gasteiger partial charge in [0.2, 0.25) is 0 Å². The van der Waals surface area contributed by atoms with Crippen molar-refractivity contribution in [1.29, 1.82) is 0 Å². The molecular formula is C20H25N5OS. The zero-order chi connectivity index (χ0) is 18.5. The van der Waals surface area contributed by atoms with Crippen molar-refractivity contribution < 1.29 is 0 Å². The summed E-state index contributed by atoms with van der Waals surface area (Å²) in [6, 6.07) is 11.7. The van der Waals surface area contributed by atoms with Crippen LogP contribution in [0.25, 0.3) is 10.9 Å². The predicted octanol–water partition coefficient (Wildman–Crippen LogP) is 2.45. The molecule has 7 heteroatoms. The number of piperazine rings is 1. The van der Waals surface area contributed by atoms with Gasteiger partial charge in [0.05, 0.1) is 5.39 Å². The highest BCUT2D eigenvalue weighted by molar-refractivity contribution is 7.09. The Hall–Kier alpha value is -2.09. The molecule has 142 valence electrons. The fourth-order valence-electron chi connectivity index (χ4n) is 3.56. The first-order chi connectivity index (χ1) is 13.3. The zero-order valence-corrected chi connectivity index (χ0v) is 16.3. The van der Waals surface area contributed by atoms with Crippen LogP contribution in [0.2, 0.25) is 0 Å². The molecule has 0 bridgehead atoms. The van der Waals surface area contributed by atoms with Crippen LogP contribution in [-0.2, 0) is 13.1 Å². The Kier molecular flexibility index (Phi) is 5.91.